The van der Waals surface area contributed by atoms with Crippen LogP contribution < -0.4 is 32.0 Å². The average Bonchev–Trinajstić information content (AvgIpc) is 3.93. The fraction of sp³-hybridized carbons (Fsp3) is 0.360. The number of rotatable bonds is 20. The summed E-state index contributed by atoms with van der Waals surface area (Å²) in [6.07, 6.45) is 4.14. The molecule has 0 saturated carbocycles. The summed E-state index contributed by atoms with van der Waals surface area (Å²) < 4.78 is 34.5. The maximum atomic E-state index is 13.0. The van der Waals surface area contributed by atoms with E-state index in [-0.39, 0.29) is 24.0 Å². The van der Waals surface area contributed by atoms with Gasteiger partial charge in [0.1, 0.15) is 29.6 Å². The summed E-state index contributed by atoms with van der Waals surface area (Å²) >= 11 is 3.67. The van der Waals surface area contributed by atoms with Gasteiger partial charge in [-0.3, -0.25) is 28.7 Å². The van der Waals surface area contributed by atoms with Crippen LogP contribution in [0.5, 0.6) is 11.5 Å². The van der Waals surface area contributed by atoms with E-state index in [0.29, 0.717) is 25.9 Å². The molecule has 0 bridgehead atoms. The van der Waals surface area contributed by atoms with Crippen LogP contribution in [0.25, 0.3) is 0 Å². The zero-order chi connectivity index (χ0) is 45.2. The zero-order valence-corrected chi connectivity index (χ0v) is 38.0. The van der Waals surface area contributed by atoms with E-state index in [0.717, 1.165) is 57.6 Å². The number of aromatic nitrogens is 4. The monoisotopic (exact) mass is 918 g/mol. The molecule has 8 rings (SSSR count). The van der Waals surface area contributed by atoms with Gasteiger partial charge in [-0.15, -0.1) is 0 Å². The molecule has 4 heterocycles. The molecule has 6 atom stereocenters. The van der Waals surface area contributed by atoms with Gasteiger partial charge in [0.25, 0.3) is 11.1 Å². The highest BCUT2D eigenvalue weighted by Crippen LogP contribution is 2.44. The molecule has 2 N–H and O–H groups in total. The third-order valence-corrected chi connectivity index (χ3v) is 14.7. The number of benzene rings is 4. The lowest BCUT2D eigenvalue weighted by Crippen LogP contribution is -2.34. The largest absolute Gasteiger partial charge is 0.497 e. The molecule has 0 spiro atoms. The number of thioether (sulfide) groups is 2. The minimum atomic E-state index is -1.01. The summed E-state index contributed by atoms with van der Waals surface area (Å²) in [4.78, 5) is 54.4. The first-order chi connectivity index (χ1) is 31.7. The molecule has 2 fully saturated rings. The Balaban J connectivity index is 0.994. The highest BCUT2D eigenvalue weighted by Gasteiger charge is 2.41. The Morgan fingerprint density at radius 3 is 1.58 bits per heavy atom. The number of methoxy groups -OCH3 is 2. The molecular formula is C50H54N4O9S2. The van der Waals surface area contributed by atoms with E-state index in [1.807, 2.05) is 108 Å². The Labute approximate surface area is 385 Å². The van der Waals surface area contributed by atoms with E-state index < -0.39 is 40.6 Å². The average molecular weight is 919 g/mol. The van der Waals surface area contributed by atoms with Gasteiger partial charge in [-0.2, -0.15) is 23.5 Å². The number of hydrogen-bond acceptors (Lipinski definition) is 11. The maximum absolute atomic E-state index is 13.0. The van der Waals surface area contributed by atoms with Gasteiger partial charge < -0.3 is 23.7 Å². The highest BCUT2D eigenvalue weighted by atomic mass is 32.2. The smallest absolute Gasteiger partial charge is 0.330 e. The van der Waals surface area contributed by atoms with Gasteiger partial charge in [-0.05, 0) is 101 Å². The van der Waals surface area contributed by atoms with E-state index in [9.17, 15) is 19.2 Å². The standard InChI is InChI=1S/C50H54N4O9S2/c1-59-40-17-13-38(14-18-40)50(37-11-7-4-8-12-37,39-15-19-41(60-2)20-16-39)61-27-23-42-35(29-46(62-42)53-25-21-44(55)51-48(53)57)32-64-28-24-43-36(33-65-31-34-9-5-3-6-10-34)30-47(63-43)54-26-22-45(56)52-49(54)58/h3-22,25-26,35-36,42-43,46-47H,23-24,27-33H2,1-2H3,(H,51,55,57)(H,52,56,58)/t35-,36-,42-,43-,46-,47-/m1/s1. The fourth-order valence-corrected chi connectivity index (χ4v) is 11.3. The van der Waals surface area contributed by atoms with Crippen molar-refractivity contribution in [2.75, 3.05) is 38.1 Å². The molecule has 340 valence electrons. The lowest BCUT2D eigenvalue weighted by molar-refractivity contribution is -0.0438. The van der Waals surface area contributed by atoms with E-state index in [1.165, 1.54) is 39.2 Å². The van der Waals surface area contributed by atoms with E-state index in [2.05, 4.69) is 34.2 Å². The van der Waals surface area contributed by atoms with Crippen LogP contribution in [0.1, 0.15) is 60.4 Å². The van der Waals surface area contributed by atoms with Crippen molar-refractivity contribution in [1.82, 2.24) is 19.1 Å². The molecular weight excluding hydrogens is 865 g/mol. The minimum absolute atomic E-state index is 0.0507. The van der Waals surface area contributed by atoms with Gasteiger partial charge in [-0.25, -0.2) is 9.59 Å². The van der Waals surface area contributed by atoms with Gasteiger partial charge in [-0.1, -0.05) is 84.9 Å². The first-order valence-electron chi connectivity index (χ1n) is 21.9. The van der Waals surface area contributed by atoms with Crippen LogP contribution in [0, 0.1) is 11.8 Å². The quantitative estimate of drug-likeness (QED) is 0.0583. The van der Waals surface area contributed by atoms with Crippen molar-refractivity contribution in [3.63, 3.8) is 0 Å². The van der Waals surface area contributed by atoms with E-state index in [4.69, 9.17) is 23.7 Å². The van der Waals surface area contributed by atoms with E-state index in [1.54, 1.807) is 14.2 Å². The van der Waals surface area contributed by atoms with Crippen molar-refractivity contribution in [3.05, 3.63) is 198 Å². The second kappa shape index (κ2) is 21.6. The first-order valence-corrected chi connectivity index (χ1v) is 24.2. The van der Waals surface area contributed by atoms with Crippen LogP contribution in [0.3, 0.4) is 0 Å². The van der Waals surface area contributed by atoms with Crippen LogP contribution >= 0.6 is 23.5 Å². The van der Waals surface area contributed by atoms with Crippen molar-refractivity contribution in [2.24, 2.45) is 11.8 Å². The summed E-state index contributed by atoms with van der Waals surface area (Å²) in [5, 5.41) is 0. The van der Waals surface area contributed by atoms with Crippen LogP contribution in [0.4, 0.5) is 0 Å². The highest BCUT2D eigenvalue weighted by molar-refractivity contribution is 7.99. The van der Waals surface area contributed by atoms with Crippen LogP contribution in [-0.2, 0) is 25.6 Å². The van der Waals surface area contributed by atoms with Crippen LogP contribution in [0.2, 0.25) is 0 Å². The Morgan fingerprint density at radius 1 is 0.600 bits per heavy atom. The van der Waals surface area contributed by atoms with Gasteiger partial charge >= 0.3 is 11.4 Å². The van der Waals surface area contributed by atoms with Crippen molar-refractivity contribution < 1.29 is 23.7 Å². The Hall–Kier alpha value is -5.58. The number of nitrogens with one attached hydrogen (secondary N) is 2. The van der Waals surface area contributed by atoms with Gasteiger partial charge in [0.15, 0.2) is 0 Å². The summed E-state index contributed by atoms with van der Waals surface area (Å²) in [7, 11) is 3.29. The predicted octanol–water partition coefficient (Wildman–Crippen LogP) is 7.37. The third-order valence-electron chi connectivity index (χ3n) is 12.3. The number of nitrogens with zero attached hydrogens (tertiary/aromatic N) is 2. The molecule has 2 saturated heterocycles. The number of H-pyrrole nitrogens is 2. The Morgan fingerprint density at radius 2 is 1.08 bits per heavy atom. The Kier molecular flexibility index (Phi) is 15.3. The molecule has 0 radical (unpaired) electrons. The topological polar surface area (TPSA) is 156 Å². The third kappa shape index (κ3) is 10.9. The fourth-order valence-electron chi connectivity index (χ4n) is 8.92. The minimum Gasteiger partial charge on any atom is -0.497 e. The molecule has 2 aromatic heterocycles. The molecule has 2 aliphatic heterocycles. The summed E-state index contributed by atoms with van der Waals surface area (Å²) in [5.41, 5.74) is 1.15. The molecule has 13 nitrogen and oxygen atoms in total. The molecule has 2 aliphatic rings. The predicted molar refractivity (Wildman–Crippen MR) is 254 cm³/mol. The SMILES string of the molecule is COc1ccc(C(OCC[C@H]2O[C@@H](n3ccc(=O)[nH]c3=O)C[C@@H]2CSCC[C@H]2O[C@@H](n3ccc(=O)[nH]c3=O)C[C@@H]2CSCc2ccccc2)(c2ccccc2)c2ccc(OC)cc2)cc1. The Bertz CT molecular complexity index is 2640. The normalized spacial score (nSPS) is 20.8. The summed E-state index contributed by atoms with van der Waals surface area (Å²) in [5.74, 6) is 5.01. The van der Waals surface area contributed by atoms with E-state index >= 15 is 0 Å². The van der Waals surface area contributed by atoms with Crippen molar-refractivity contribution in [2.45, 2.75) is 61.7 Å². The number of hydrogen-bond donors (Lipinski definition) is 2. The second-order valence-corrected chi connectivity index (χ2v) is 18.5. The molecule has 6 aromatic rings. The van der Waals surface area contributed by atoms with Gasteiger partial charge in [0, 0.05) is 30.3 Å². The molecule has 0 unspecified atom stereocenters. The molecule has 4 aromatic carbocycles. The van der Waals surface area contributed by atoms with Crippen LogP contribution in [0.15, 0.2) is 153 Å². The number of aromatic amines is 2. The van der Waals surface area contributed by atoms with Crippen molar-refractivity contribution >= 4 is 23.5 Å². The van der Waals surface area contributed by atoms with Crippen LogP contribution in [-0.4, -0.2) is 69.4 Å². The lowest BCUT2D eigenvalue weighted by atomic mass is 9.80. The van der Waals surface area contributed by atoms with Gasteiger partial charge in [0.2, 0.25) is 0 Å². The summed E-state index contributed by atoms with van der Waals surface area (Å²) in [6, 6.07) is 39.1. The number of ether oxygens (including phenoxy) is 5. The second-order valence-electron chi connectivity index (χ2n) is 16.3. The molecule has 0 aliphatic carbocycles. The van der Waals surface area contributed by atoms with Gasteiger partial charge in [0.05, 0.1) is 33.0 Å². The maximum Gasteiger partial charge on any atom is 0.330 e. The summed E-state index contributed by atoms with van der Waals surface area (Å²) in [6.45, 7) is 0.315. The van der Waals surface area contributed by atoms with Crippen molar-refractivity contribution in [3.8, 4) is 11.5 Å². The zero-order valence-electron chi connectivity index (χ0n) is 36.4. The first kappa shape index (κ1) is 46.0. The lowest BCUT2D eigenvalue weighted by Gasteiger charge is -2.36. The van der Waals surface area contributed by atoms with Crippen molar-refractivity contribution in [1.29, 1.82) is 0 Å². The molecule has 65 heavy (non-hydrogen) atoms. The molecule has 15 heteroatoms. The molecule has 0 amide bonds.